The van der Waals surface area contributed by atoms with Crippen molar-refractivity contribution in [3.63, 3.8) is 0 Å². The van der Waals surface area contributed by atoms with Gasteiger partial charge in [-0.05, 0) is 62.6 Å². The molecule has 0 saturated heterocycles. The minimum atomic E-state index is -3.96. The molecule has 0 bridgehead atoms. The average molecular weight is 532 g/mol. The molecule has 2 aliphatic heterocycles. The summed E-state index contributed by atoms with van der Waals surface area (Å²) in [6.07, 6.45) is 4.98. The van der Waals surface area contributed by atoms with Gasteiger partial charge >= 0.3 is 5.69 Å². The zero-order valence-electron chi connectivity index (χ0n) is 18.6. The lowest BCUT2D eigenvalue weighted by Gasteiger charge is -2.17. The molecule has 0 spiro atoms. The van der Waals surface area contributed by atoms with Crippen LogP contribution in [0.15, 0.2) is 38.2 Å². The highest BCUT2D eigenvalue weighted by molar-refractivity contribution is 8.01. The third kappa shape index (κ3) is 6.29. The van der Waals surface area contributed by atoms with Crippen LogP contribution < -0.4 is 10.4 Å². The van der Waals surface area contributed by atoms with E-state index in [0.29, 0.717) is 17.1 Å². The lowest BCUT2D eigenvalue weighted by atomic mass is 10.2. The van der Waals surface area contributed by atoms with Crippen molar-refractivity contribution < 1.29 is 12.8 Å². The summed E-state index contributed by atoms with van der Waals surface area (Å²) >= 11 is 9.00. The molecular formula is C22H27ClFN3O3S3. The van der Waals surface area contributed by atoms with Gasteiger partial charge in [0.05, 0.1) is 15.8 Å². The summed E-state index contributed by atoms with van der Waals surface area (Å²) in [5, 5.41) is 0.423. The molecule has 0 unspecified atom stereocenters. The van der Waals surface area contributed by atoms with Crippen molar-refractivity contribution in [2.75, 3.05) is 17.1 Å². The molecule has 0 radical (unpaired) electrons. The second-order valence-electron chi connectivity index (χ2n) is 7.59. The Hall–Kier alpha value is -1.62. The fourth-order valence-electron chi connectivity index (χ4n) is 3.33. The quantitative estimate of drug-likeness (QED) is 0.226. The van der Waals surface area contributed by atoms with Gasteiger partial charge in [0.1, 0.15) is 5.69 Å². The summed E-state index contributed by atoms with van der Waals surface area (Å²) in [7, 11) is -3.96. The van der Waals surface area contributed by atoms with Crippen molar-refractivity contribution in [1.29, 1.82) is 0 Å². The molecule has 0 saturated carbocycles. The first-order chi connectivity index (χ1) is 15.8. The van der Waals surface area contributed by atoms with Crippen LogP contribution in [0.25, 0.3) is 5.69 Å². The number of nitrogens with one attached hydrogen (secondary N) is 1. The van der Waals surface area contributed by atoms with Gasteiger partial charge in [0.15, 0.2) is 5.82 Å². The van der Waals surface area contributed by atoms with Crippen LogP contribution in [-0.4, -0.2) is 30.4 Å². The van der Waals surface area contributed by atoms with Gasteiger partial charge in [-0.15, -0.1) is 23.1 Å². The van der Waals surface area contributed by atoms with Crippen LogP contribution in [0, 0.1) is 6.92 Å². The first-order valence-corrected chi connectivity index (χ1v) is 14.5. The Morgan fingerprint density at radius 1 is 1.18 bits per heavy atom. The molecule has 0 aromatic heterocycles. The standard InChI is InChI=1S/C22H27ClFN3O3S3/c1-3-4-8-18-15(2)27-19(21(32-18)31-14-7-5-6-13-24)20(25-22(27)28)26-33(29,30)17-11-9-16(23)10-12-17/h9-12H,3-8,13-14H2,1-2H3,(H,25,26,28). The van der Waals surface area contributed by atoms with E-state index in [2.05, 4.69) is 16.6 Å². The van der Waals surface area contributed by atoms with Gasteiger partial charge in [-0.1, -0.05) is 31.4 Å². The van der Waals surface area contributed by atoms with Crippen LogP contribution in [0.4, 0.5) is 10.2 Å². The number of thioether (sulfide) groups is 1. The number of fused-ring (bicyclic) bond motifs is 1. The molecule has 1 aromatic carbocycles. The van der Waals surface area contributed by atoms with Gasteiger partial charge in [0.2, 0.25) is 0 Å². The molecule has 0 aliphatic carbocycles. The molecule has 2 heterocycles. The highest BCUT2D eigenvalue weighted by Gasteiger charge is 2.27. The maximum absolute atomic E-state index is 13.0. The third-order valence-corrected chi connectivity index (χ3v) is 9.40. The van der Waals surface area contributed by atoms with Crippen LogP contribution >= 0.6 is 34.7 Å². The molecule has 180 valence electrons. The maximum Gasteiger partial charge on any atom is 0.354 e. The van der Waals surface area contributed by atoms with E-state index in [1.807, 2.05) is 6.92 Å². The second kappa shape index (κ2) is 11.7. The van der Waals surface area contributed by atoms with Crippen LogP contribution in [-0.2, 0) is 16.4 Å². The SMILES string of the molecule is CCCCc1sc(SCCCCCF)c2c(NS(=O)(=O)c3ccc(Cl)cc3)nc(=O)n-2c1C. The Morgan fingerprint density at radius 2 is 1.91 bits per heavy atom. The molecule has 0 fully saturated rings. The zero-order chi connectivity index (χ0) is 24.0. The molecule has 11 heteroatoms. The fraction of sp³-hybridized carbons (Fsp3) is 0.455. The van der Waals surface area contributed by atoms with Crippen molar-refractivity contribution in [3.05, 3.63) is 50.3 Å². The van der Waals surface area contributed by atoms with Gasteiger partial charge in [-0.3, -0.25) is 13.7 Å². The number of unbranched alkanes of at least 4 members (excludes halogenated alkanes) is 3. The number of benzene rings is 1. The summed E-state index contributed by atoms with van der Waals surface area (Å²) in [6, 6.07) is 5.79. The van der Waals surface area contributed by atoms with E-state index >= 15 is 0 Å². The minimum Gasteiger partial charge on any atom is -0.261 e. The van der Waals surface area contributed by atoms with Gasteiger partial charge < -0.3 is 0 Å². The molecule has 2 aliphatic rings. The molecule has 33 heavy (non-hydrogen) atoms. The van der Waals surface area contributed by atoms with Crippen molar-refractivity contribution in [1.82, 2.24) is 9.55 Å². The van der Waals surface area contributed by atoms with Crippen molar-refractivity contribution in [3.8, 4) is 5.69 Å². The normalized spacial score (nSPS) is 11.9. The Kier molecular flexibility index (Phi) is 9.20. The van der Waals surface area contributed by atoms with E-state index in [1.54, 1.807) is 23.1 Å². The van der Waals surface area contributed by atoms with Crippen LogP contribution in [0.2, 0.25) is 5.02 Å². The Labute approximate surface area is 207 Å². The topological polar surface area (TPSA) is 81.1 Å². The highest BCUT2D eigenvalue weighted by atomic mass is 35.5. The summed E-state index contributed by atoms with van der Waals surface area (Å²) in [5.41, 5.74) is 0.733. The Balaban J connectivity index is 2.02. The first kappa shape index (κ1) is 26.0. The third-order valence-electron chi connectivity index (χ3n) is 5.12. The number of anilines is 1. The number of halogens is 2. The number of imidazole rings is 1. The number of sulfonamides is 1. The summed E-state index contributed by atoms with van der Waals surface area (Å²) in [5.74, 6) is 0.758. The number of aromatic nitrogens is 2. The number of alkyl halides is 1. The van der Waals surface area contributed by atoms with E-state index in [1.165, 1.54) is 28.8 Å². The van der Waals surface area contributed by atoms with E-state index in [0.717, 1.165) is 52.6 Å². The number of hydrogen-bond acceptors (Lipinski definition) is 6. The maximum atomic E-state index is 13.0. The van der Waals surface area contributed by atoms with E-state index in [9.17, 15) is 17.6 Å². The molecule has 1 N–H and O–H groups in total. The number of nitrogens with zero attached hydrogens (tertiary/aromatic N) is 2. The van der Waals surface area contributed by atoms with Gasteiger partial charge in [0, 0.05) is 15.6 Å². The highest BCUT2D eigenvalue weighted by Crippen LogP contribution is 2.39. The Morgan fingerprint density at radius 3 is 2.58 bits per heavy atom. The number of rotatable bonds is 12. The van der Waals surface area contributed by atoms with Crippen LogP contribution in [0.1, 0.15) is 49.6 Å². The Bertz CT molecular complexity index is 1210. The summed E-state index contributed by atoms with van der Waals surface area (Å²) in [4.78, 5) is 18.0. The monoisotopic (exact) mass is 531 g/mol. The van der Waals surface area contributed by atoms with E-state index < -0.39 is 15.7 Å². The molecular weight excluding hydrogens is 505 g/mol. The van der Waals surface area contributed by atoms with Gasteiger partial charge in [-0.25, -0.2) is 13.2 Å². The fourth-order valence-corrected chi connectivity index (χ4v) is 7.11. The summed E-state index contributed by atoms with van der Waals surface area (Å²) < 4.78 is 43.2. The second-order valence-corrected chi connectivity index (χ2v) is 12.2. The van der Waals surface area contributed by atoms with Crippen molar-refractivity contribution in [2.45, 2.75) is 61.5 Å². The first-order valence-electron chi connectivity index (χ1n) is 10.8. The van der Waals surface area contributed by atoms with E-state index in [-0.39, 0.29) is 17.4 Å². The van der Waals surface area contributed by atoms with Gasteiger partial charge in [-0.2, -0.15) is 4.98 Å². The summed E-state index contributed by atoms with van der Waals surface area (Å²) in [6.45, 7) is 3.64. The largest absolute Gasteiger partial charge is 0.354 e. The molecule has 6 nitrogen and oxygen atoms in total. The zero-order valence-corrected chi connectivity index (χ0v) is 21.8. The van der Waals surface area contributed by atoms with Gasteiger partial charge in [0.25, 0.3) is 10.0 Å². The van der Waals surface area contributed by atoms with Crippen molar-refractivity contribution in [2.24, 2.45) is 0 Å². The average Bonchev–Trinajstić information content (AvgIpc) is 3.10. The molecule has 0 atom stereocenters. The lowest BCUT2D eigenvalue weighted by molar-refractivity contribution is 0.460. The predicted octanol–water partition coefficient (Wildman–Crippen LogP) is 6.07. The van der Waals surface area contributed by atoms with Crippen molar-refractivity contribution >= 4 is 50.5 Å². The number of aryl methyl sites for hydroxylation is 1. The lowest BCUT2D eigenvalue weighted by Crippen LogP contribution is -2.18. The van der Waals surface area contributed by atoms with Crippen LogP contribution in [0.5, 0.6) is 0 Å². The molecule has 0 amide bonds. The molecule has 3 rings (SSSR count). The smallest absolute Gasteiger partial charge is 0.261 e. The number of hydrogen-bond donors (Lipinski definition) is 1. The molecule has 1 aromatic rings. The minimum absolute atomic E-state index is 0.0163. The predicted molar refractivity (Wildman–Crippen MR) is 135 cm³/mol. The van der Waals surface area contributed by atoms with E-state index in [4.69, 9.17) is 11.6 Å². The van der Waals surface area contributed by atoms with Crippen LogP contribution in [0.3, 0.4) is 0 Å².